The van der Waals surface area contributed by atoms with E-state index in [2.05, 4.69) is 16.1 Å². The van der Waals surface area contributed by atoms with Crippen LogP contribution < -0.4 is 5.32 Å². The molecule has 1 aliphatic rings. The Balaban J connectivity index is 2.16. The van der Waals surface area contributed by atoms with Crippen molar-refractivity contribution in [3.8, 4) is 12.3 Å². The molecule has 0 aliphatic carbocycles. The standard InChI is InChI=1S/C11H20N2O2S/c1-3-7-13-8-4-11(5-9-13)12-6-10-16(2,14)15/h1,11-12H,4-10H2,2H3. The van der Waals surface area contributed by atoms with Crippen molar-refractivity contribution in [2.75, 3.05) is 38.2 Å². The van der Waals surface area contributed by atoms with Gasteiger partial charge in [-0.1, -0.05) is 5.92 Å². The second kappa shape index (κ2) is 6.24. The van der Waals surface area contributed by atoms with Crippen LogP contribution in [0.2, 0.25) is 0 Å². The van der Waals surface area contributed by atoms with Gasteiger partial charge >= 0.3 is 0 Å². The summed E-state index contributed by atoms with van der Waals surface area (Å²) in [5, 5.41) is 3.28. The lowest BCUT2D eigenvalue weighted by Gasteiger charge is -2.31. The monoisotopic (exact) mass is 244 g/mol. The minimum absolute atomic E-state index is 0.220. The van der Waals surface area contributed by atoms with Crippen LogP contribution in [0.3, 0.4) is 0 Å². The van der Waals surface area contributed by atoms with Crippen LogP contribution in [0.5, 0.6) is 0 Å². The van der Waals surface area contributed by atoms with Crippen LogP contribution in [0.1, 0.15) is 12.8 Å². The van der Waals surface area contributed by atoms with E-state index in [4.69, 9.17) is 6.42 Å². The summed E-state index contributed by atoms with van der Waals surface area (Å²) in [7, 11) is -2.84. The molecule has 0 amide bonds. The van der Waals surface area contributed by atoms with Crippen LogP contribution in [0.25, 0.3) is 0 Å². The van der Waals surface area contributed by atoms with Crippen molar-refractivity contribution in [3.05, 3.63) is 0 Å². The number of sulfone groups is 1. The summed E-state index contributed by atoms with van der Waals surface area (Å²) >= 11 is 0. The largest absolute Gasteiger partial charge is 0.313 e. The first-order valence-corrected chi connectivity index (χ1v) is 7.64. The molecule has 0 radical (unpaired) electrons. The predicted molar refractivity (Wildman–Crippen MR) is 66.0 cm³/mol. The fourth-order valence-corrected chi connectivity index (χ4v) is 2.36. The Bertz CT molecular complexity index is 337. The minimum atomic E-state index is -2.84. The van der Waals surface area contributed by atoms with Crippen molar-refractivity contribution < 1.29 is 8.42 Å². The lowest BCUT2D eigenvalue weighted by Crippen LogP contribution is -2.43. The molecule has 1 rings (SSSR count). The van der Waals surface area contributed by atoms with Gasteiger partial charge in [0.2, 0.25) is 0 Å². The Labute approximate surface area is 98.3 Å². The predicted octanol–water partition coefficient (Wildman–Crippen LogP) is -0.282. The molecular formula is C11H20N2O2S. The maximum absolute atomic E-state index is 10.9. The zero-order valence-electron chi connectivity index (χ0n) is 9.78. The van der Waals surface area contributed by atoms with Gasteiger partial charge in [-0.2, -0.15) is 0 Å². The average Bonchev–Trinajstić information content (AvgIpc) is 2.19. The third-order valence-corrected chi connectivity index (χ3v) is 3.75. The van der Waals surface area contributed by atoms with Gasteiger partial charge in [0.25, 0.3) is 0 Å². The molecular weight excluding hydrogens is 224 g/mol. The van der Waals surface area contributed by atoms with E-state index in [0.29, 0.717) is 12.6 Å². The number of rotatable bonds is 5. The van der Waals surface area contributed by atoms with Crippen molar-refractivity contribution in [2.45, 2.75) is 18.9 Å². The summed E-state index contributed by atoms with van der Waals surface area (Å²) in [6.07, 6.45) is 8.61. The van der Waals surface area contributed by atoms with E-state index in [0.717, 1.165) is 32.5 Å². The van der Waals surface area contributed by atoms with E-state index < -0.39 is 9.84 Å². The first kappa shape index (κ1) is 13.5. The van der Waals surface area contributed by atoms with Crippen LogP contribution in [-0.4, -0.2) is 57.5 Å². The van der Waals surface area contributed by atoms with Gasteiger partial charge in [0, 0.05) is 31.9 Å². The molecule has 1 saturated heterocycles. The number of piperidine rings is 1. The number of nitrogens with zero attached hydrogens (tertiary/aromatic N) is 1. The third kappa shape index (κ3) is 5.50. The van der Waals surface area contributed by atoms with E-state index in [9.17, 15) is 8.42 Å². The number of likely N-dealkylation sites (tertiary alicyclic amines) is 1. The maximum atomic E-state index is 10.9. The quantitative estimate of drug-likeness (QED) is 0.676. The Kier molecular flexibility index (Phi) is 5.26. The highest BCUT2D eigenvalue weighted by Gasteiger charge is 2.17. The normalized spacial score (nSPS) is 19.5. The second-order valence-corrected chi connectivity index (χ2v) is 6.60. The molecule has 0 unspecified atom stereocenters. The van der Waals surface area contributed by atoms with Crippen molar-refractivity contribution in [2.24, 2.45) is 0 Å². The average molecular weight is 244 g/mol. The molecule has 0 aromatic heterocycles. The van der Waals surface area contributed by atoms with E-state index in [1.807, 2.05) is 0 Å². The highest BCUT2D eigenvalue weighted by molar-refractivity contribution is 7.90. The van der Waals surface area contributed by atoms with Crippen molar-refractivity contribution in [3.63, 3.8) is 0 Å². The topological polar surface area (TPSA) is 49.4 Å². The molecule has 16 heavy (non-hydrogen) atoms. The van der Waals surface area contributed by atoms with Crippen LogP contribution in [0.15, 0.2) is 0 Å². The maximum Gasteiger partial charge on any atom is 0.148 e. The lowest BCUT2D eigenvalue weighted by molar-refractivity contribution is 0.219. The summed E-state index contributed by atoms with van der Waals surface area (Å²) < 4.78 is 21.9. The molecule has 0 atom stereocenters. The van der Waals surface area contributed by atoms with Gasteiger partial charge in [-0.05, 0) is 12.8 Å². The van der Waals surface area contributed by atoms with Crippen molar-refractivity contribution in [1.82, 2.24) is 10.2 Å². The number of nitrogens with one attached hydrogen (secondary N) is 1. The van der Waals surface area contributed by atoms with Crippen LogP contribution in [0.4, 0.5) is 0 Å². The van der Waals surface area contributed by atoms with E-state index in [1.165, 1.54) is 6.26 Å². The molecule has 0 aromatic rings. The summed E-state index contributed by atoms with van der Waals surface area (Å²) in [4.78, 5) is 2.24. The molecule has 92 valence electrons. The van der Waals surface area contributed by atoms with E-state index >= 15 is 0 Å². The summed E-state index contributed by atoms with van der Waals surface area (Å²) in [6, 6.07) is 0.441. The zero-order chi connectivity index (χ0) is 12.0. The van der Waals surface area contributed by atoms with Crippen molar-refractivity contribution >= 4 is 9.84 Å². The molecule has 4 nitrogen and oxygen atoms in total. The summed E-state index contributed by atoms with van der Waals surface area (Å²) in [5.41, 5.74) is 0. The molecule has 1 heterocycles. The first-order chi connectivity index (χ1) is 7.51. The zero-order valence-corrected chi connectivity index (χ0v) is 10.6. The van der Waals surface area contributed by atoms with E-state index in [1.54, 1.807) is 0 Å². The fourth-order valence-electron chi connectivity index (χ4n) is 1.87. The smallest absolute Gasteiger partial charge is 0.148 e. The third-order valence-electron chi connectivity index (χ3n) is 2.81. The van der Waals surface area contributed by atoms with Gasteiger partial charge < -0.3 is 5.32 Å². The van der Waals surface area contributed by atoms with Gasteiger partial charge in [0.1, 0.15) is 9.84 Å². The van der Waals surface area contributed by atoms with Crippen LogP contribution >= 0.6 is 0 Å². The number of terminal acetylenes is 1. The Morgan fingerprint density at radius 2 is 2.06 bits per heavy atom. The second-order valence-electron chi connectivity index (χ2n) is 4.34. The molecule has 0 aromatic carbocycles. The highest BCUT2D eigenvalue weighted by Crippen LogP contribution is 2.09. The summed E-state index contributed by atoms with van der Waals surface area (Å²) in [5.74, 6) is 2.86. The van der Waals surface area contributed by atoms with Gasteiger partial charge in [-0.3, -0.25) is 4.90 Å². The Hall–Kier alpha value is -0.570. The van der Waals surface area contributed by atoms with Gasteiger partial charge in [0.05, 0.1) is 12.3 Å². The van der Waals surface area contributed by atoms with Crippen molar-refractivity contribution in [1.29, 1.82) is 0 Å². The number of hydrogen-bond donors (Lipinski definition) is 1. The van der Waals surface area contributed by atoms with Gasteiger partial charge in [0.15, 0.2) is 0 Å². The molecule has 0 saturated carbocycles. The van der Waals surface area contributed by atoms with Crippen LogP contribution in [-0.2, 0) is 9.84 Å². The minimum Gasteiger partial charge on any atom is -0.313 e. The Morgan fingerprint density at radius 1 is 1.44 bits per heavy atom. The molecule has 0 bridgehead atoms. The first-order valence-electron chi connectivity index (χ1n) is 5.58. The SMILES string of the molecule is C#CCN1CCC(NCCS(C)(=O)=O)CC1. The molecule has 1 aliphatic heterocycles. The lowest BCUT2D eigenvalue weighted by atomic mass is 10.1. The molecule has 1 fully saturated rings. The fraction of sp³-hybridized carbons (Fsp3) is 0.818. The van der Waals surface area contributed by atoms with Gasteiger partial charge in [-0.15, -0.1) is 6.42 Å². The molecule has 1 N–H and O–H groups in total. The highest BCUT2D eigenvalue weighted by atomic mass is 32.2. The van der Waals surface area contributed by atoms with E-state index in [-0.39, 0.29) is 5.75 Å². The molecule has 0 spiro atoms. The van der Waals surface area contributed by atoms with Crippen LogP contribution in [0, 0.1) is 12.3 Å². The van der Waals surface area contributed by atoms with Gasteiger partial charge in [-0.25, -0.2) is 8.42 Å². The Morgan fingerprint density at radius 3 is 2.56 bits per heavy atom. The number of hydrogen-bond acceptors (Lipinski definition) is 4. The molecule has 5 heteroatoms. The summed E-state index contributed by atoms with van der Waals surface area (Å²) in [6.45, 7) is 3.27.